The molecule has 4 aromatic heterocycles. The molecule has 1 N–H and O–H groups in total. The molecule has 11 heteroatoms. The Balaban J connectivity index is 1.57. The average molecular weight is 495 g/mol. The van der Waals surface area contributed by atoms with E-state index in [1.807, 2.05) is 40.7 Å². The summed E-state index contributed by atoms with van der Waals surface area (Å²) < 4.78 is 7.68. The number of thiazole rings is 1. The van der Waals surface area contributed by atoms with Gasteiger partial charge in [-0.1, -0.05) is 11.3 Å². The van der Waals surface area contributed by atoms with E-state index < -0.39 is 11.7 Å². The predicted molar refractivity (Wildman–Crippen MR) is 138 cm³/mol. The zero-order valence-corrected chi connectivity index (χ0v) is 21.8. The van der Waals surface area contributed by atoms with Gasteiger partial charge in [-0.3, -0.25) is 4.90 Å². The molecule has 0 unspecified atom stereocenters. The quantitative estimate of drug-likeness (QED) is 0.361. The summed E-state index contributed by atoms with van der Waals surface area (Å²) in [5.74, 6) is 2.72. The van der Waals surface area contributed by atoms with Crippen molar-refractivity contribution in [3.05, 3.63) is 36.5 Å². The first-order valence-corrected chi connectivity index (χ1v) is 12.3. The Kier molecular flexibility index (Phi) is 6.70. The molecule has 0 fully saturated rings. The van der Waals surface area contributed by atoms with Gasteiger partial charge >= 0.3 is 6.09 Å². The van der Waals surface area contributed by atoms with Gasteiger partial charge in [0.2, 0.25) is 0 Å². The molecule has 4 rings (SSSR count). The summed E-state index contributed by atoms with van der Waals surface area (Å²) >= 11 is 1.33. The number of aromatic nitrogens is 6. The number of fused-ring (bicyclic) bond motifs is 1. The molecule has 0 aliphatic carbocycles. The summed E-state index contributed by atoms with van der Waals surface area (Å²) in [7, 11) is 0. The second-order valence-corrected chi connectivity index (χ2v) is 10.3. The Morgan fingerprint density at radius 3 is 2.63 bits per heavy atom. The van der Waals surface area contributed by atoms with Gasteiger partial charge in [0.05, 0.1) is 22.8 Å². The fraction of sp³-hybridized carbons (Fsp3) is 0.417. The Labute approximate surface area is 208 Å². The number of hydrogen-bond donors (Lipinski definition) is 1. The fourth-order valence-corrected chi connectivity index (χ4v) is 4.58. The molecular weight excluding hydrogens is 464 g/mol. The maximum absolute atomic E-state index is 12.6. The summed E-state index contributed by atoms with van der Waals surface area (Å²) in [6.07, 6.45) is 4.67. The van der Waals surface area contributed by atoms with E-state index in [2.05, 4.69) is 48.7 Å². The van der Waals surface area contributed by atoms with Crippen LogP contribution in [0, 0.1) is 6.92 Å². The SMILES string of the molecule is CCN(C(=O)OC(C)(C)C)c1ncc(-c2nccc(Nc3cc4c(cn3)nc(C)n4C(C)C)n2)s1. The first kappa shape index (κ1) is 24.5. The van der Waals surface area contributed by atoms with Crippen LogP contribution in [0.1, 0.15) is 53.4 Å². The summed E-state index contributed by atoms with van der Waals surface area (Å²) in [6.45, 7) is 14.1. The molecule has 0 atom stereocenters. The van der Waals surface area contributed by atoms with Crippen LogP contribution in [0.4, 0.5) is 21.6 Å². The number of rotatable bonds is 6. The minimum atomic E-state index is -0.587. The van der Waals surface area contributed by atoms with Gasteiger partial charge in [-0.05, 0) is 54.5 Å². The van der Waals surface area contributed by atoms with Crippen molar-refractivity contribution in [2.24, 2.45) is 0 Å². The Morgan fingerprint density at radius 1 is 1.17 bits per heavy atom. The van der Waals surface area contributed by atoms with Crippen molar-refractivity contribution in [1.29, 1.82) is 0 Å². The number of anilines is 3. The van der Waals surface area contributed by atoms with Gasteiger partial charge < -0.3 is 14.6 Å². The second kappa shape index (κ2) is 9.57. The molecule has 0 aliphatic heterocycles. The van der Waals surface area contributed by atoms with Crippen molar-refractivity contribution in [2.75, 3.05) is 16.8 Å². The summed E-state index contributed by atoms with van der Waals surface area (Å²) in [4.78, 5) is 37.3. The number of ether oxygens (including phenoxy) is 1. The summed E-state index contributed by atoms with van der Waals surface area (Å²) in [5.41, 5.74) is 1.28. The molecule has 0 aromatic carbocycles. The molecule has 10 nitrogen and oxygen atoms in total. The zero-order chi connectivity index (χ0) is 25.3. The fourth-order valence-electron chi connectivity index (χ4n) is 3.67. The molecule has 1 amide bonds. The van der Waals surface area contributed by atoms with E-state index in [0.29, 0.717) is 29.1 Å². The van der Waals surface area contributed by atoms with Gasteiger partial charge in [-0.25, -0.2) is 29.7 Å². The van der Waals surface area contributed by atoms with Crippen LogP contribution < -0.4 is 10.2 Å². The van der Waals surface area contributed by atoms with E-state index in [9.17, 15) is 4.79 Å². The minimum Gasteiger partial charge on any atom is -0.443 e. The van der Waals surface area contributed by atoms with Crippen molar-refractivity contribution < 1.29 is 9.53 Å². The first-order valence-electron chi connectivity index (χ1n) is 11.5. The number of nitrogens with one attached hydrogen (secondary N) is 1. The lowest BCUT2D eigenvalue weighted by molar-refractivity contribution is 0.0582. The lowest BCUT2D eigenvalue weighted by atomic mass is 10.2. The number of carbonyl (C=O) groups excluding carboxylic acids is 1. The topological polar surface area (TPSA) is 111 Å². The summed E-state index contributed by atoms with van der Waals surface area (Å²) in [6, 6.07) is 4.04. The maximum atomic E-state index is 12.6. The highest BCUT2D eigenvalue weighted by molar-refractivity contribution is 7.19. The van der Waals surface area contributed by atoms with Crippen molar-refractivity contribution in [3.8, 4) is 10.7 Å². The smallest absolute Gasteiger partial charge is 0.416 e. The lowest BCUT2D eigenvalue weighted by Gasteiger charge is -2.24. The molecule has 0 bridgehead atoms. The third kappa shape index (κ3) is 5.40. The summed E-state index contributed by atoms with van der Waals surface area (Å²) in [5, 5.41) is 3.79. The van der Waals surface area contributed by atoms with Gasteiger partial charge in [-0.2, -0.15) is 0 Å². The number of aryl methyl sites for hydroxylation is 1. The van der Waals surface area contributed by atoms with E-state index in [1.165, 1.54) is 16.2 Å². The number of carbonyl (C=O) groups is 1. The van der Waals surface area contributed by atoms with Crippen molar-refractivity contribution in [2.45, 2.75) is 60.1 Å². The Morgan fingerprint density at radius 2 is 1.94 bits per heavy atom. The highest BCUT2D eigenvalue weighted by Crippen LogP contribution is 2.31. The van der Waals surface area contributed by atoms with Gasteiger partial charge in [0.25, 0.3) is 0 Å². The molecular formula is C24H30N8O2S. The monoisotopic (exact) mass is 494 g/mol. The van der Waals surface area contributed by atoms with Crippen molar-refractivity contribution in [1.82, 2.24) is 29.5 Å². The van der Waals surface area contributed by atoms with E-state index in [-0.39, 0.29) is 6.04 Å². The first-order chi connectivity index (χ1) is 16.6. The van der Waals surface area contributed by atoms with Crippen LogP contribution in [0.25, 0.3) is 21.7 Å². The Bertz CT molecular complexity index is 1360. The van der Waals surface area contributed by atoms with E-state index in [1.54, 1.807) is 24.7 Å². The number of hydrogen-bond acceptors (Lipinski definition) is 9. The standard InChI is InChI=1S/C24H30N8O2S/c1-8-31(23(33)34-24(5,6)7)22-27-13-18(35-22)21-25-10-9-19(30-21)29-20-11-17-16(12-26-20)28-15(4)32(17)14(2)3/h9-14H,8H2,1-7H3,(H,25,26,29,30). The van der Waals surface area contributed by atoms with Crippen molar-refractivity contribution >= 4 is 45.2 Å². The van der Waals surface area contributed by atoms with Crippen LogP contribution in [0.15, 0.2) is 30.7 Å². The maximum Gasteiger partial charge on any atom is 0.416 e. The van der Waals surface area contributed by atoms with Crippen LogP contribution in [-0.2, 0) is 4.74 Å². The largest absolute Gasteiger partial charge is 0.443 e. The molecule has 0 saturated carbocycles. The van der Waals surface area contributed by atoms with E-state index >= 15 is 0 Å². The lowest BCUT2D eigenvalue weighted by Crippen LogP contribution is -2.36. The normalized spacial score (nSPS) is 11.8. The van der Waals surface area contributed by atoms with Gasteiger partial charge in [-0.15, -0.1) is 0 Å². The van der Waals surface area contributed by atoms with Gasteiger partial charge in [0.15, 0.2) is 11.0 Å². The van der Waals surface area contributed by atoms with Gasteiger partial charge in [0.1, 0.15) is 28.6 Å². The number of nitrogens with zero attached hydrogens (tertiary/aromatic N) is 7. The molecule has 0 spiro atoms. The van der Waals surface area contributed by atoms with Crippen LogP contribution in [0.2, 0.25) is 0 Å². The third-order valence-corrected chi connectivity index (χ3v) is 6.07. The molecule has 0 saturated heterocycles. The molecule has 0 aliphatic rings. The van der Waals surface area contributed by atoms with Crippen LogP contribution in [0.5, 0.6) is 0 Å². The highest BCUT2D eigenvalue weighted by Gasteiger charge is 2.25. The molecule has 0 radical (unpaired) electrons. The minimum absolute atomic E-state index is 0.282. The molecule has 4 heterocycles. The Hall–Kier alpha value is -3.60. The van der Waals surface area contributed by atoms with Crippen LogP contribution in [0.3, 0.4) is 0 Å². The highest BCUT2D eigenvalue weighted by atomic mass is 32.1. The third-order valence-electron chi connectivity index (χ3n) is 5.06. The molecule has 184 valence electrons. The number of imidazole rings is 1. The number of pyridine rings is 1. The van der Waals surface area contributed by atoms with E-state index in [4.69, 9.17) is 4.74 Å². The van der Waals surface area contributed by atoms with Crippen LogP contribution in [-0.4, -0.2) is 47.7 Å². The predicted octanol–water partition coefficient (Wildman–Crippen LogP) is 5.74. The molecule has 4 aromatic rings. The van der Waals surface area contributed by atoms with Gasteiger partial charge in [0, 0.05) is 24.8 Å². The van der Waals surface area contributed by atoms with Crippen molar-refractivity contribution in [3.63, 3.8) is 0 Å². The second-order valence-electron chi connectivity index (χ2n) is 9.30. The van der Waals surface area contributed by atoms with E-state index in [0.717, 1.165) is 21.7 Å². The number of amides is 1. The average Bonchev–Trinajstić information content (AvgIpc) is 3.37. The zero-order valence-electron chi connectivity index (χ0n) is 21.0. The van der Waals surface area contributed by atoms with Crippen LogP contribution >= 0.6 is 11.3 Å². The molecule has 35 heavy (non-hydrogen) atoms.